The first-order valence-corrected chi connectivity index (χ1v) is 11.5. The molecule has 10 heteroatoms. The van der Waals surface area contributed by atoms with Gasteiger partial charge in [-0.2, -0.15) is 15.3 Å². The number of hydrogen-bond donors (Lipinski definition) is 1. The second-order valence-corrected chi connectivity index (χ2v) is 8.35. The highest BCUT2D eigenvalue weighted by Crippen LogP contribution is 2.24. The van der Waals surface area contributed by atoms with Crippen molar-refractivity contribution in [1.82, 2.24) is 20.1 Å². The number of fused-ring (bicyclic) bond motifs is 2. The molecule has 0 spiro atoms. The van der Waals surface area contributed by atoms with E-state index in [1.807, 2.05) is 21.9 Å². The largest absolute Gasteiger partial charge is 0.423 e. The standard InChI is InChI=1S/C25H24N6O4/c26-15-17-4-5-21-22(14-17)35-25(28-21)31-10-8-30(9-11-31)23(32)7-13-34-12-6-18-2-1-3-19-20(18)16-27-29-24(19)33/h1-5,14,16H,6-13H2,(H,29,33). The molecule has 2 aromatic carbocycles. The number of nitrogens with zero attached hydrogens (tertiary/aromatic N) is 5. The summed E-state index contributed by atoms with van der Waals surface area (Å²) >= 11 is 0. The van der Waals surface area contributed by atoms with Crippen LogP contribution in [0.1, 0.15) is 17.5 Å². The molecule has 1 aliphatic rings. The number of carbonyl (C=O) groups excluding carboxylic acids is 1. The lowest BCUT2D eigenvalue weighted by atomic mass is 10.1. The zero-order valence-electron chi connectivity index (χ0n) is 19.1. The van der Waals surface area contributed by atoms with Gasteiger partial charge in [-0.05, 0) is 30.2 Å². The van der Waals surface area contributed by atoms with Crippen molar-refractivity contribution in [2.75, 3.05) is 44.3 Å². The zero-order valence-corrected chi connectivity index (χ0v) is 19.1. The number of rotatable bonds is 7. The number of H-pyrrole nitrogens is 1. The van der Waals surface area contributed by atoms with E-state index in [1.54, 1.807) is 30.5 Å². The maximum Gasteiger partial charge on any atom is 0.298 e. The van der Waals surface area contributed by atoms with Crippen LogP contribution in [0.2, 0.25) is 0 Å². The summed E-state index contributed by atoms with van der Waals surface area (Å²) in [5, 5.41) is 16.8. The smallest absolute Gasteiger partial charge is 0.298 e. The molecule has 4 aromatic rings. The van der Waals surface area contributed by atoms with Gasteiger partial charge in [-0.25, -0.2) is 5.10 Å². The number of aromatic amines is 1. The number of amides is 1. The number of aromatic nitrogens is 3. The molecule has 0 radical (unpaired) electrons. The van der Waals surface area contributed by atoms with Crippen LogP contribution in [0.25, 0.3) is 21.9 Å². The van der Waals surface area contributed by atoms with Gasteiger partial charge in [0, 0.05) is 37.6 Å². The highest BCUT2D eigenvalue weighted by Gasteiger charge is 2.24. The molecule has 5 rings (SSSR count). The van der Waals surface area contributed by atoms with Crippen LogP contribution in [0.15, 0.2) is 51.8 Å². The Morgan fingerprint density at radius 3 is 2.83 bits per heavy atom. The zero-order chi connectivity index (χ0) is 24.2. The molecule has 1 saturated heterocycles. The van der Waals surface area contributed by atoms with Gasteiger partial charge < -0.3 is 19.0 Å². The van der Waals surface area contributed by atoms with E-state index in [-0.39, 0.29) is 11.5 Å². The van der Waals surface area contributed by atoms with E-state index in [4.69, 9.17) is 14.4 Å². The monoisotopic (exact) mass is 472 g/mol. The molecule has 0 saturated carbocycles. The average Bonchev–Trinajstić information content (AvgIpc) is 3.32. The topological polar surface area (TPSA) is 128 Å². The minimum Gasteiger partial charge on any atom is -0.423 e. The third-order valence-electron chi connectivity index (χ3n) is 6.19. The van der Waals surface area contributed by atoms with Gasteiger partial charge in [0.1, 0.15) is 5.52 Å². The summed E-state index contributed by atoms with van der Waals surface area (Å²) in [5.41, 5.74) is 2.61. The second-order valence-electron chi connectivity index (χ2n) is 8.35. The van der Waals surface area contributed by atoms with Gasteiger partial charge in [0.2, 0.25) is 5.91 Å². The third-order valence-corrected chi connectivity index (χ3v) is 6.19. The fraction of sp³-hybridized carbons (Fsp3) is 0.320. The molecule has 35 heavy (non-hydrogen) atoms. The maximum absolute atomic E-state index is 12.6. The first-order valence-electron chi connectivity index (χ1n) is 11.5. The molecule has 1 amide bonds. The Kier molecular flexibility index (Phi) is 6.41. The number of hydrogen-bond acceptors (Lipinski definition) is 8. The Balaban J connectivity index is 1.07. The Labute approximate surface area is 200 Å². The molecule has 2 aromatic heterocycles. The number of nitrogens with one attached hydrogen (secondary N) is 1. The number of anilines is 1. The van der Waals surface area contributed by atoms with Crippen LogP contribution in [-0.4, -0.2) is 65.4 Å². The summed E-state index contributed by atoms with van der Waals surface area (Å²) in [6.45, 7) is 3.21. The Hall–Kier alpha value is -4.23. The fourth-order valence-electron chi connectivity index (χ4n) is 4.26. The average molecular weight is 473 g/mol. The van der Waals surface area contributed by atoms with Gasteiger partial charge in [-0.3, -0.25) is 9.59 Å². The molecule has 0 bridgehead atoms. The van der Waals surface area contributed by atoms with E-state index in [2.05, 4.69) is 21.3 Å². The predicted molar refractivity (Wildman–Crippen MR) is 129 cm³/mol. The lowest BCUT2D eigenvalue weighted by Gasteiger charge is -2.33. The van der Waals surface area contributed by atoms with E-state index in [9.17, 15) is 9.59 Å². The molecule has 0 unspecified atom stereocenters. The number of piperazine rings is 1. The summed E-state index contributed by atoms with van der Waals surface area (Å²) in [5.74, 6) is 0.0572. The first-order chi connectivity index (χ1) is 17.1. The molecule has 1 N–H and O–H groups in total. The van der Waals surface area contributed by atoms with E-state index in [0.29, 0.717) is 80.3 Å². The molecule has 178 valence electrons. The SMILES string of the molecule is N#Cc1ccc2nc(N3CCN(C(=O)CCOCCc4cccc5c(=O)[nH]ncc45)CC3)oc2c1. The number of oxazole rings is 1. The Morgan fingerprint density at radius 1 is 1.14 bits per heavy atom. The predicted octanol–water partition coefficient (Wildman–Crippen LogP) is 2.23. The van der Waals surface area contributed by atoms with E-state index < -0.39 is 0 Å². The van der Waals surface area contributed by atoms with Gasteiger partial charge in [-0.15, -0.1) is 0 Å². The maximum atomic E-state index is 12.6. The fourth-order valence-corrected chi connectivity index (χ4v) is 4.26. The van der Waals surface area contributed by atoms with Crippen LogP contribution in [-0.2, 0) is 16.0 Å². The van der Waals surface area contributed by atoms with Crippen LogP contribution in [0.5, 0.6) is 0 Å². The summed E-state index contributed by atoms with van der Waals surface area (Å²) in [7, 11) is 0. The molecule has 1 fully saturated rings. The van der Waals surface area contributed by atoms with Crippen molar-refractivity contribution >= 4 is 33.8 Å². The summed E-state index contributed by atoms with van der Waals surface area (Å²) in [4.78, 5) is 32.8. The van der Waals surface area contributed by atoms with Crippen molar-refractivity contribution in [2.24, 2.45) is 0 Å². The van der Waals surface area contributed by atoms with Gasteiger partial charge in [-0.1, -0.05) is 12.1 Å². The van der Waals surface area contributed by atoms with Crippen molar-refractivity contribution < 1.29 is 13.9 Å². The minimum absolute atomic E-state index is 0.0572. The van der Waals surface area contributed by atoms with Gasteiger partial charge >= 0.3 is 0 Å². The number of carbonyl (C=O) groups is 1. The molecule has 1 aliphatic heterocycles. The van der Waals surface area contributed by atoms with Crippen molar-refractivity contribution in [3.63, 3.8) is 0 Å². The van der Waals surface area contributed by atoms with Crippen LogP contribution in [0.4, 0.5) is 6.01 Å². The van der Waals surface area contributed by atoms with E-state index >= 15 is 0 Å². The van der Waals surface area contributed by atoms with Crippen molar-refractivity contribution in [2.45, 2.75) is 12.8 Å². The number of nitriles is 1. The normalized spacial score (nSPS) is 13.9. The van der Waals surface area contributed by atoms with Crippen molar-refractivity contribution in [3.8, 4) is 6.07 Å². The summed E-state index contributed by atoms with van der Waals surface area (Å²) in [6.07, 6.45) is 2.60. The highest BCUT2D eigenvalue weighted by molar-refractivity contribution is 5.84. The van der Waals surface area contributed by atoms with Crippen LogP contribution in [0.3, 0.4) is 0 Å². The molecule has 0 atom stereocenters. The van der Waals surface area contributed by atoms with Crippen molar-refractivity contribution in [3.05, 3.63) is 64.1 Å². The minimum atomic E-state index is -0.208. The molecular weight excluding hydrogens is 448 g/mol. The summed E-state index contributed by atoms with van der Waals surface area (Å²) in [6, 6.07) is 13.4. The lowest BCUT2D eigenvalue weighted by Crippen LogP contribution is -2.49. The van der Waals surface area contributed by atoms with Gasteiger partial charge in [0.15, 0.2) is 5.58 Å². The van der Waals surface area contributed by atoms with Crippen LogP contribution >= 0.6 is 0 Å². The number of benzene rings is 2. The molecule has 3 heterocycles. The third kappa shape index (κ3) is 4.85. The quantitative estimate of drug-likeness (QED) is 0.406. The molecule has 10 nitrogen and oxygen atoms in total. The molecule has 0 aliphatic carbocycles. The van der Waals surface area contributed by atoms with Crippen molar-refractivity contribution in [1.29, 1.82) is 5.26 Å². The van der Waals surface area contributed by atoms with Gasteiger partial charge in [0.05, 0.1) is 42.9 Å². The molecular formula is C25H24N6O4. The van der Waals surface area contributed by atoms with E-state index in [1.165, 1.54) is 0 Å². The first kappa shape index (κ1) is 22.6. The Bertz CT molecular complexity index is 1460. The number of ether oxygens (including phenoxy) is 1. The van der Waals surface area contributed by atoms with Crippen LogP contribution < -0.4 is 10.5 Å². The second kappa shape index (κ2) is 9.95. The van der Waals surface area contributed by atoms with E-state index in [0.717, 1.165) is 10.9 Å². The Morgan fingerprint density at radius 2 is 2.00 bits per heavy atom. The van der Waals surface area contributed by atoms with Gasteiger partial charge in [0.25, 0.3) is 11.6 Å². The summed E-state index contributed by atoms with van der Waals surface area (Å²) < 4.78 is 11.5. The highest BCUT2D eigenvalue weighted by atomic mass is 16.5. The lowest BCUT2D eigenvalue weighted by molar-refractivity contribution is -0.132. The van der Waals surface area contributed by atoms with Crippen LogP contribution in [0, 0.1) is 11.3 Å².